The molecule has 0 aliphatic rings. The molecule has 0 radical (unpaired) electrons. The monoisotopic (exact) mass is 340 g/mol. The lowest BCUT2D eigenvalue weighted by molar-refractivity contribution is -0.143. The van der Waals surface area contributed by atoms with Crippen molar-refractivity contribution < 1.29 is 14.3 Å². The predicted octanol–water partition coefficient (Wildman–Crippen LogP) is 3.71. The minimum absolute atomic E-state index is 0.123. The maximum Gasteiger partial charge on any atom is 0.319 e. The molecule has 0 bridgehead atoms. The van der Waals surface area contributed by atoms with Crippen LogP contribution in [0.3, 0.4) is 0 Å². The van der Waals surface area contributed by atoms with Gasteiger partial charge in [-0.15, -0.1) is 11.6 Å². The highest BCUT2D eigenvalue weighted by Gasteiger charge is 2.03. The number of hydrogen-bond donors (Lipinski definition) is 2. The summed E-state index contributed by atoms with van der Waals surface area (Å²) < 4.78 is 4.89. The van der Waals surface area contributed by atoms with Crippen LogP contribution in [0.4, 0.5) is 10.5 Å². The van der Waals surface area contributed by atoms with Gasteiger partial charge >= 0.3 is 12.0 Å². The number of carbonyl (C=O) groups is 2. The molecule has 0 heterocycles. The fourth-order valence-corrected chi connectivity index (χ4v) is 2.24. The van der Waals surface area contributed by atoms with Gasteiger partial charge in [-0.2, -0.15) is 0 Å². The molecular weight excluding hydrogens is 316 g/mol. The van der Waals surface area contributed by atoms with E-state index in [0.29, 0.717) is 25.5 Å². The average Bonchev–Trinajstić information content (AvgIpc) is 2.53. The Morgan fingerprint density at radius 2 is 2.04 bits per heavy atom. The van der Waals surface area contributed by atoms with Gasteiger partial charge in [0.15, 0.2) is 0 Å². The van der Waals surface area contributed by atoms with Crippen molar-refractivity contribution in [1.82, 2.24) is 5.32 Å². The summed E-state index contributed by atoms with van der Waals surface area (Å²) in [5, 5.41) is 5.43. The van der Waals surface area contributed by atoms with Crippen molar-refractivity contribution in [2.75, 3.05) is 24.3 Å². The summed E-state index contributed by atoms with van der Waals surface area (Å²) in [4.78, 5) is 22.8. The summed E-state index contributed by atoms with van der Waals surface area (Å²) in [6.45, 7) is 2.69. The molecule has 2 N–H and O–H groups in total. The third-order valence-corrected chi connectivity index (χ3v) is 3.41. The van der Waals surface area contributed by atoms with Gasteiger partial charge in [0, 0.05) is 24.5 Å². The number of ether oxygens (including phenoxy) is 1. The molecular formula is C17H25ClN2O3. The number of aryl methyl sites for hydroxylation is 1. The van der Waals surface area contributed by atoms with E-state index in [9.17, 15) is 9.59 Å². The molecule has 128 valence electrons. The normalized spacial score (nSPS) is 10.2. The van der Waals surface area contributed by atoms with Crippen LogP contribution >= 0.6 is 11.6 Å². The molecule has 5 nitrogen and oxygen atoms in total. The Bertz CT molecular complexity index is 494. The number of amides is 2. The molecule has 0 aliphatic carbocycles. The topological polar surface area (TPSA) is 67.4 Å². The number of nitrogens with one attached hydrogen (secondary N) is 2. The van der Waals surface area contributed by atoms with Crippen LogP contribution in [0.15, 0.2) is 24.3 Å². The molecule has 0 aliphatic heterocycles. The molecule has 6 heteroatoms. The van der Waals surface area contributed by atoms with Gasteiger partial charge in [0.25, 0.3) is 0 Å². The molecule has 1 aromatic rings. The van der Waals surface area contributed by atoms with Gasteiger partial charge in [-0.05, 0) is 43.9 Å². The largest absolute Gasteiger partial charge is 0.466 e. The number of carbonyl (C=O) groups excluding carboxylic acids is 2. The summed E-state index contributed by atoms with van der Waals surface area (Å²) in [6, 6.07) is 7.52. The predicted molar refractivity (Wildman–Crippen MR) is 93.0 cm³/mol. The van der Waals surface area contributed by atoms with E-state index >= 15 is 0 Å². The lowest BCUT2D eigenvalue weighted by atomic mass is 10.1. The number of benzene rings is 1. The SMILES string of the molecule is CCOC(=O)CCCCCc1cccc(NC(=O)NCCCl)c1. The number of halogens is 1. The van der Waals surface area contributed by atoms with Crippen LogP contribution in [0.25, 0.3) is 0 Å². The van der Waals surface area contributed by atoms with Crippen molar-refractivity contribution in [1.29, 1.82) is 0 Å². The van der Waals surface area contributed by atoms with E-state index in [4.69, 9.17) is 16.3 Å². The van der Waals surface area contributed by atoms with Gasteiger partial charge in [-0.3, -0.25) is 4.79 Å². The number of alkyl halides is 1. The van der Waals surface area contributed by atoms with Crippen molar-refractivity contribution in [3.63, 3.8) is 0 Å². The van der Waals surface area contributed by atoms with Gasteiger partial charge < -0.3 is 15.4 Å². The lowest BCUT2D eigenvalue weighted by Crippen LogP contribution is -2.30. The Kier molecular flexibility index (Phi) is 9.87. The molecule has 2 amide bonds. The highest BCUT2D eigenvalue weighted by atomic mass is 35.5. The van der Waals surface area contributed by atoms with E-state index < -0.39 is 0 Å². The zero-order valence-electron chi connectivity index (χ0n) is 13.6. The molecule has 0 aromatic heterocycles. The summed E-state index contributed by atoms with van der Waals surface area (Å²) in [5.74, 6) is 0.265. The molecule has 23 heavy (non-hydrogen) atoms. The van der Waals surface area contributed by atoms with Crippen LogP contribution in [-0.2, 0) is 16.0 Å². The van der Waals surface area contributed by atoms with Crippen LogP contribution in [0.1, 0.15) is 38.2 Å². The molecule has 0 atom stereocenters. The lowest BCUT2D eigenvalue weighted by Gasteiger charge is -2.08. The quantitative estimate of drug-likeness (QED) is 0.387. The van der Waals surface area contributed by atoms with Crippen LogP contribution < -0.4 is 10.6 Å². The first-order chi connectivity index (χ1) is 11.2. The van der Waals surface area contributed by atoms with Crippen molar-refractivity contribution in [2.45, 2.75) is 39.0 Å². The standard InChI is InChI=1S/C17H25ClN2O3/c1-2-23-16(21)10-5-3-4-7-14-8-6-9-15(13-14)20-17(22)19-12-11-18/h6,8-9,13H,2-5,7,10-12H2,1H3,(H2,19,20,22). The Hall–Kier alpha value is -1.75. The first-order valence-corrected chi connectivity index (χ1v) is 8.54. The van der Waals surface area contributed by atoms with E-state index in [0.717, 1.165) is 36.9 Å². The zero-order valence-corrected chi connectivity index (χ0v) is 14.3. The first kappa shape index (κ1) is 19.3. The summed E-state index contributed by atoms with van der Waals surface area (Å²) in [7, 11) is 0. The Morgan fingerprint density at radius 1 is 1.22 bits per heavy atom. The van der Waals surface area contributed by atoms with Gasteiger partial charge in [0.2, 0.25) is 0 Å². The minimum Gasteiger partial charge on any atom is -0.466 e. The number of esters is 1. The number of unbranched alkanes of at least 4 members (excludes halogenated alkanes) is 2. The van der Waals surface area contributed by atoms with E-state index in [1.54, 1.807) is 0 Å². The number of anilines is 1. The Morgan fingerprint density at radius 3 is 2.78 bits per heavy atom. The van der Waals surface area contributed by atoms with E-state index in [1.165, 1.54) is 0 Å². The molecule has 0 spiro atoms. The van der Waals surface area contributed by atoms with E-state index in [1.807, 2.05) is 31.2 Å². The van der Waals surface area contributed by atoms with Gasteiger partial charge in [0.1, 0.15) is 0 Å². The van der Waals surface area contributed by atoms with Crippen molar-refractivity contribution >= 4 is 29.3 Å². The maximum atomic E-state index is 11.6. The third kappa shape index (κ3) is 9.08. The van der Waals surface area contributed by atoms with Crippen molar-refractivity contribution in [3.8, 4) is 0 Å². The smallest absolute Gasteiger partial charge is 0.319 e. The van der Waals surface area contributed by atoms with Gasteiger partial charge in [0.05, 0.1) is 6.61 Å². The highest BCUT2D eigenvalue weighted by Crippen LogP contribution is 2.14. The molecule has 0 saturated heterocycles. The molecule has 0 saturated carbocycles. The fourth-order valence-electron chi connectivity index (χ4n) is 2.15. The van der Waals surface area contributed by atoms with Crippen molar-refractivity contribution in [3.05, 3.63) is 29.8 Å². The van der Waals surface area contributed by atoms with Crippen molar-refractivity contribution in [2.24, 2.45) is 0 Å². The second kappa shape index (κ2) is 11.8. The van der Waals surface area contributed by atoms with Crippen LogP contribution in [0.2, 0.25) is 0 Å². The van der Waals surface area contributed by atoms with Crippen LogP contribution in [-0.4, -0.2) is 31.0 Å². The second-order valence-corrected chi connectivity index (χ2v) is 5.51. The van der Waals surface area contributed by atoms with E-state index in [-0.39, 0.29) is 12.0 Å². The Labute approximate surface area is 142 Å². The third-order valence-electron chi connectivity index (χ3n) is 3.22. The number of urea groups is 1. The average molecular weight is 341 g/mol. The molecule has 0 fully saturated rings. The summed E-state index contributed by atoms with van der Waals surface area (Å²) in [6.07, 6.45) is 4.23. The van der Waals surface area contributed by atoms with E-state index in [2.05, 4.69) is 10.6 Å². The van der Waals surface area contributed by atoms with Crippen LogP contribution in [0, 0.1) is 0 Å². The second-order valence-electron chi connectivity index (χ2n) is 5.14. The summed E-state index contributed by atoms with van der Waals surface area (Å²) >= 11 is 5.52. The first-order valence-electron chi connectivity index (χ1n) is 8.01. The van der Waals surface area contributed by atoms with Gasteiger partial charge in [-0.1, -0.05) is 18.6 Å². The number of hydrogen-bond acceptors (Lipinski definition) is 3. The van der Waals surface area contributed by atoms with Crippen LogP contribution in [0.5, 0.6) is 0 Å². The summed E-state index contributed by atoms with van der Waals surface area (Å²) in [5.41, 5.74) is 1.93. The minimum atomic E-state index is -0.253. The molecule has 0 unspecified atom stereocenters. The highest BCUT2D eigenvalue weighted by molar-refractivity contribution is 6.18. The number of rotatable bonds is 10. The molecule has 1 aromatic carbocycles. The zero-order chi connectivity index (χ0) is 16.9. The fraction of sp³-hybridized carbons (Fsp3) is 0.529. The maximum absolute atomic E-state index is 11.6. The molecule has 1 rings (SSSR count). The van der Waals surface area contributed by atoms with Gasteiger partial charge in [-0.25, -0.2) is 4.79 Å². The Balaban J connectivity index is 2.28.